The van der Waals surface area contributed by atoms with Crippen LogP contribution in [0.5, 0.6) is 0 Å². The lowest BCUT2D eigenvalue weighted by Crippen LogP contribution is -2.41. The molecule has 2 saturated heterocycles. The van der Waals surface area contributed by atoms with Crippen molar-refractivity contribution in [2.75, 3.05) is 39.9 Å². The van der Waals surface area contributed by atoms with Crippen molar-refractivity contribution in [3.05, 3.63) is 18.2 Å². The van der Waals surface area contributed by atoms with Gasteiger partial charge in [0.2, 0.25) is 11.8 Å². The van der Waals surface area contributed by atoms with Crippen LogP contribution in [0.3, 0.4) is 0 Å². The molecule has 3 heterocycles. The first-order valence-corrected chi connectivity index (χ1v) is 9.10. The number of methoxy groups -OCH3 is 1. The van der Waals surface area contributed by atoms with E-state index in [1.165, 1.54) is 0 Å². The van der Waals surface area contributed by atoms with E-state index in [0.29, 0.717) is 26.2 Å². The third-order valence-corrected chi connectivity index (χ3v) is 5.97. The van der Waals surface area contributed by atoms with E-state index in [9.17, 15) is 9.59 Å². The Bertz CT molecular complexity index is 684. The number of imidazole rings is 1. The SMILES string of the molecule is COCCN1CC[C@@]2(CN(C(=O)C3CC3)C[C@H]2c2cn(C)cn2)C1=O. The molecular weight excluding hydrogens is 320 g/mol. The summed E-state index contributed by atoms with van der Waals surface area (Å²) in [5.74, 6) is 0.546. The van der Waals surface area contributed by atoms with Crippen LogP contribution in [0.2, 0.25) is 0 Å². The predicted octanol–water partition coefficient (Wildman–Crippen LogP) is 0.621. The van der Waals surface area contributed by atoms with Crippen molar-refractivity contribution < 1.29 is 14.3 Å². The zero-order chi connectivity index (χ0) is 17.6. The van der Waals surface area contributed by atoms with Crippen molar-refractivity contribution in [3.63, 3.8) is 0 Å². The van der Waals surface area contributed by atoms with Crippen LogP contribution in [0.15, 0.2) is 12.5 Å². The molecule has 2 amide bonds. The summed E-state index contributed by atoms with van der Waals surface area (Å²) in [6, 6.07) is 0. The zero-order valence-electron chi connectivity index (χ0n) is 15.0. The van der Waals surface area contributed by atoms with Crippen LogP contribution in [-0.2, 0) is 21.4 Å². The third kappa shape index (κ3) is 2.74. The monoisotopic (exact) mass is 346 g/mol. The van der Waals surface area contributed by atoms with Crippen molar-refractivity contribution in [3.8, 4) is 0 Å². The number of ether oxygens (including phenoxy) is 1. The van der Waals surface area contributed by atoms with Gasteiger partial charge in [0.1, 0.15) is 0 Å². The van der Waals surface area contributed by atoms with Crippen molar-refractivity contribution in [1.82, 2.24) is 19.4 Å². The van der Waals surface area contributed by atoms with Crippen molar-refractivity contribution >= 4 is 11.8 Å². The van der Waals surface area contributed by atoms with Gasteiger partial charge in [-0.3, -0.25) is 9.59 Å². The highest BCUT2D eigenvalue weighted by molar-refractivity contribution is 5.89. The topological polar surface area (TPSA) is 67.7 Å². The molecule has 0 bridgehead atoms. The number of aromatic nitrogens is 2. The molecule has 1 saturated carbocycles. The van der Waals surface area contributed by atoms with Gasteiger partial charge in [-0.2, -0.15) is 0 Å². The van der Waals surface area contributed by atoms with Gasteiger partial charge in [0, 0.05) is 58.4 Å². The predicted molar refractivity (Wildman–Crippen MR) is 90.8 cm³/mol. The van der Waals surface area contributed by atoms with Gasteiger partial charge in [-0.15, -0.1) is 0 Å². The molecule has 1 aliphatic carbocycles. The second-order valence-electron chi connectivity index (χ2n) is 7.70. The van der Waals surface area contributed by atoms with Gasteiger partial charge < -0.3 is 19.1 Å². The molecule has 1 spiro atoms. The number of hydrogen-bond donors (Lipinski definition) is 0. The summed E-state index contributed by atoms with van der Waals surface area (Å²) in [4.78, 5) is 34.3. The maximum Gasteiger partial charge on any atom is 0.231 e. The smallest absolute Gasteiger partial charge is 0.231 e. The van der Waals surface area contributed by atoms with E-state index in [2.05, 4.69) is 4.98 Å². The Balaban J connectivity index is 1.62. The highest BCUT2D eigenvalue weighted by atomic mass is 16.5. The molecule has 0 unspecified atom stereocenters. The lowest BCUT2D eigenvalue weighted by molar-refractivity contribution is -0.137. The number of hydrogen-bond acceptors (Lipinski definition) is 4. The van der Waals surface area contributed by atoms with E-state index in [-0.39, 0.29) is 23.7 Å². The molecule has 1 aromatic heterocycles. The fourth-order valence-electron chi connectivity index (χ4n) is 4.40. The molecular formula is C18H26N4O3. The highest BCUT2D eigenvalue weighted by Crippen LogP contribution is 2.50. The van der Waals surface area contributed by atoms with Crippen molar-refractivity contribution in [2.24, 2.45) is 18.4 Å². The highest BCUT2D eigenvalue weighted by Gasteiger charge is 2.59. The average Bonchev–Trinajstić information content (AvgIpc) is 3.15. The molecule has 0 radical (unpaired) electrons. The first-order valence-electron chi connectivity index (χ1n) is 9.10. The minimum atomic E-state index is -0.521. The van der Waals surface area contributed by atoms with E-state index < -0.39 is 5.41 Å². The standard InChI is InChI=1S/C18H26N4O3/c1-20-10-15(19-12-20)14-9-22(16(23)13-3-4-13)11-18(14)5-6-21(17(18)24)7-8-25-2/h10,12-14H,3-9,11H2,1-2H3/t14-,18-/m0/s1. The molecule has 0 aromatic carbocycles. The molecule has 3 fully saturated rings. The minimum absolute atomic E-state index is 0.0172. The van der Waals surface area contributed by atoms with Gasteiger partial charge >= 0.3 is 0 Å². The van der Waals surface area contributed by atoms with Crippen LogP contribution < -0.4 is 0 Å². The van der Waals surface area contributed by atoms with E-state index in [4.69, 9.17) is 4.74 Å². The maximum absolute atomic E-state index is 13.3. The van der Waals surface area contributed by atoms with Gasteiger partial charge in [0.25, 0.3) is 0 Å². The lowest BCUT2D eigenvalue weighted by atomic mass is 9.75. The Hall–Kier alpha value is -1.89. The number of nitrogens with zero attached hydrogens (tertiary/aromatic N) is 4. The number of carbonyl (C=O) groups excluding carboxylic acids is 2. The fourth-order valence-corrected chi connectivity index (χ4v) is 4.40. The van der Waals surface area contributed by atoms with Crippen LogP contribution in [0, 0.1) is 11.3 Å². The Morgan fingerprint density at radius 3 is 2.88 bits per heavy atom. The van der Waals surface area contributed by atoms with E-state index in [1.807, 2.05) is 27.6 Å². The van der Waals surface area contributed by atoms with E-state index >= 15 is 0 Å². The number of rotatable bonds is 5. The summed E-state index contributed by atoms with van der Waals surface area (Å²) in [5, 5.41) is 0. The van der Waals surface area contributed by atoms with Crippen molar-refractivity contribution in [1.29, 1.82) is 0 Å². The van der Waals surface area contributed by atoms with Gasteiger partial charge in [-0.25, -0.2) is 4.98 Å². The Labute approximate surface area is 147 Å². The van der Waals surface area contributed by atoms with Gasteiger partial charge in [-0.05, 0) is 19.3 Å². The first kappa shape index (κ1) is 16.6. The largest absolute Gasteiger partial charge is 0.383 e. The van der Waals surface area contributed by atoms with Crippen LogP contribution in [0.25, 0.3) is 0 Å². The minimum Gasteiger partial charge on any atom is -0.383 e. The maximum atomic E-state index is 13.3. The van der Waals surface area contributed by atoms with Crippen LogP contribution >= 0.6 is 0 Å². The molecule has 7 nitrogen and oxygen atoms in total. The number of likely N-dealkylation sites (tertiary alicyclic amines) is 2. The summed E-state index contributed by atoms with van der Waals surface area (Å²) >= 11 is 0. The molecule has 136 valence electrons. The van der Waals surface area contributed by atoms with Crippen molar-refractivity contribution in [2.45, 2.75) is 25.2 Å². The van der Waals surface area contributed by atoms with Crippen LogP contribution in [0.1, 0.15) is 30.9 Å². The zero-order valence-corrected chi connectivity index (χ0v) is 15.0. The van der Waals surface area contributed by atoms with Crippen LogP contribution in [-0.4, -0.2) is 71.1 Å². The first-order chi connectivity index (χ1) is 12.0. The van der Waals surface area contributed by atoms with Gasteiger partial charge in [0.05, 0.1) is 24.0 Å². The lowest BCUT2D eigenvalue weighted by Gasteiger charge is -2.27. The third-order valence-electron chi connectivity index (χ3n) is 5.97. The second kappa shape index (κ2) is 6.12. The normalized spacial score (nSPS) is 29.2. The molecule has 7 heteroatoms. The van der Waals surface area contributed by atoms with E-state index in [1.54, 1.807) is 13.4 Å². The average molecular weight is 346 g/mol. The quantitative estimate of drug-likeness (QED) is 0.784. The molecule has 25 heavy (non-hydrogen) atoms. The Morgan fingerprint density at radius 2 is 2.24 bits per heavy atom. The summed E-state index contributed by atoms with van der Waals surface area (Å²) in [5.41, 5.74) is 0.405. The summed E-state index contributed by atoms with van der Waals surface area (Å²) < 4.78 is 7.06. The molecule has 2 atom stereocenters. The molecule has 4 rings (SSSR count). The molecule has 0 N–H and O–H groups in total. The second-order valence-corrected chi connectivity index (χ2v) is 7.70. The summed E-state index contributed by atoms with van der Waals surface area (Å²) in [7, 11) is 3.59. The van der Waals surface area contributed by atoms with Gasteiger partial charge in [0.15, 0.2) is 0 Å². The number of carbonyl (C=O) groups is 2. The molecule has 3 aliphatic rings. The summed E-state index contributed by atoms with van der Waals surface area (Å²) in [6.07, 6.45) is 6.53. The number of amides is 2. The fraction of sp³-hybridized carbons (Fsp3) is 0.722. The van der Waals surface area contributed by atoms with Crippen LogP contribution in [0.4, 0.5) is 0 Å². The molecule has 1 aromatic rings. The number of aryl methyl sites for hydroxylation is 1. The van der Waals surface area contributed by atoms with Gasteiger partial charge in [-0.1, -0.05) is 0 Å². The van der Waals surface area contributed by atoms with E-state index in [0.717, 1.165) is 31.5 Å². The Kier molecular flexibility index (Phi) is 4.06. The summed E-state index contributed by atoms with van der Waals surface area (Å²) in [6.45, 7) is 3.03. The Morgan fingerprint density at radius 1 is 1.44 bits per heavy atom. The molecule has 2 aliphatic heterocycles.